The Balaban J connectivity index is 1.33. The zero-order chi connectivity index (χ0) is 18.2. The molecule has 5 heteroatoms. The predicted molar refractivity (Wildman–Crippen MR) is 103 cm³/mol. The number of benzene rings is 2. The Morgan fingerprint density at radius 2 is 1.62 bits per heavy atom. The summed E-state index contributed by atoms with van der Waals surface area (Å²) in [7, 11) is 0. The maximum atomic E-state index is 11.0. The van der Waals surface area contributed by atoms with E-state index in [-0.39, 0.29) is 0 Å². The summed E-state index contributed by atoms with van der Waals surface area (Å²) in [5, 5.41) is 12.5. The smallest absolute Gasteiger partial charge is 0.335 e. The molecule has 0 aromatic heterocycles. The van der Waals surface area contributed by atoms with E-state index in [0.717, 1.165) is 51.4 Å². The van der Waals surface area contributed by atoms with Crippen LogP contribution in [0.3, 0.4) is 0 Å². The molecule has 1 aliphatic rings. The monoisotopic (exact) mass is 353 g/mol. The molecule has 2 aromatic rings. The minimum absolute atomic E-state index is 0.346. The van der Waals surface area contributed by atoms with Crippen molar-refractivity contribution in [3.05, 3.63) is 71.3 Å². The summed E-state index contributed by atoms with van der Waals surface area (Å²) in [5.74, 6) is -0.875. The number of rotatable bonds is 8. The number of carboxylic acids is 1. The number of carbonyl (C=O) groups is 1. The summed E-state index contributed by atoms with van der Waals surface area (Å²) in [6.45, 7) is 8.09. The van der Waals surface area contributed by atoms with Crippen molar-refractivity contribution in [3.63, 3.8) is 0 Å². The molecule has 138 valence electrons. The maximum absolute atomic E-state index is 11.0. The molecule has 5 nitrogen and oxygen atoms in total. The van der Waals surface area contributed by atoms with Gasteiger partial charge in [0.2, 0.25) is 0 Å². The quantitative estimate of drug-likeness (QED) is 0.713. The highest BCUT2D eigenvalue weighted by Crippen LogP contribution is 2.08. The van der Waals surface area contributed by atoms with E-state index in [1.165, 1.54) is 5.56 Å². The van der Waals surface area contributed by atoms with Gasteiger partial charge in [-0.05, 0) is 23.3 Å². The van der Waals surface area contributed by atoms with Crippen LogP contribution in [0.15, 0.2) is 54.6 Å². The minimum atomic E-state index is -0.875. The van der Waals surface area contributed by atoms with Crippen molar-refractivity contribution in [2.24, 2.45) is 0 Å². The third kappa shape index (κ3) is 5.66. The highest BCUT2D eigenvalue weighted by atomic mass is 16.4. The second-order valence-corrected chi connectivity index (χ2v) is 6.79. The summed E-state index contributed by atoms with van der Waals surface area (Å²) in [6.07, 6.45) is 0. The number of piperazine rings is 1. The van der Waals surface area contributed by atoms with Gasteiger partial charge in [0, 0.05) is 52.4 Å². The lowest BCUT2D eigenvalue weighted by molar-refractivity contribution is 0.0696. The Bertz CT molecular complexity index is 697. The van der Waals surface area contributed by atoms with E-state index in [1.807, 2.05) is 6.07 Å². The van der Waals surface area contributed by atoms with Gasteiger partial charge in [-0.25, -0.2) is 4.79 Å². The summed E-state index contributed by atoms with van der Waals surface area (Å²) in [5.41, 5.74) is 2.74. The van der Waals surface area contributed by atoms with Gasteiger partial charge in [-0.15, -0.1) is 0 Å². The van der Waals surface area contributed by atoms with Gasteiger partial charge >= 0.3 is 5.97 Å². The first-order valence-corrected chi connectivity index (χ1v) is 9.22. The molecular formula is C21H27N3O2. The molecule has 0 atom stereocenters. The largest absolute Gasteiger partial charge is 0.478 e. The van der Waals surface area contributed by atoms with Crippen LogP contribution in [-0.2, 0) is 13.1 Å². The van der Waals surface area contributed by atoms with Crippen LogP contribution >= 0.6 is 0 Å². The molecule has 0 amide bonds. The fraction of sp³-hybridized carbons (Fsp3) is 0.381. The lowest BCUT2D eigenvalue weighted by atomic mass is 10.1. The molecule has 0 saturated carbocycles. The lowest BCUT2D eigenvalue weighted by Crippen LogP contribution is -2.47. The third-order valence-corrected chi connectivity index (χ3v) is 4.82. The van der Waals surface area contributed by atoms with Crippen molar-refractivity contribution >= 4 is 5.97 Å². The molecule has 1 saturated heterocycles. The molecule has 0 aliphatic carbocycles. The Labute approximate surface area is 155 Å². The minimum Gasteiger partial charge on any atom is -0.478 e. The maximum Gasteiger partial charge on any atom is 0.335 e. The van der Waals surface area contributed by atoms with E-state index in [4.69, 9.17) is 5.11 Å². The van der Waals surface area contributed by atoms with E-state index in [1.54, 1.807) is 18.2 Å². The highest BCUT2D eigenvalue weighted by Gasteiger charge is 2.16. The number of carboxylic acid groups (broad SMARTS) is 1. The second kappa shape index (κ2) is 9.48. The van der Waals surface area contributed by atoms with Crippen LogP contribution in [0.1, 0.15) is 21.5 Å². The van der Waals surface area contributed by atoms with E-state index in [2.05, 4.69) is 45.4 Å². The van der Waals surface area contributed by atoms with E-state index in [9.17, 15) is 4.79 Å². The highest BCUT2D eigenvalue weighted by molar-refractivity contribution is 5.87. The van der Waals surface area contributed by atoms with Gasteiger partial charge in [0.15, 0.2) is 0 Å². The summed E-state index contributed by atoms with van der Waals surface area (Å²) >= 11 is 0. The molecule has 1 heterocycles. The second-order valence-electron chi connectivity index (χ2n) is 6.79. The van der Waals surface area contributed by atoms with Gasteiger partial charge < -0.3 is 10.4 Å². The Morgan fingerprint density at radius 1 is 0.923 bits per heavy atom. The zero-order valence-electron chi connectivity index (χ0n) is 15.1. The molecule has 26 heavy (non-hydrogen) atoms. The van der Waals surface area contributed by atoms with E-state index < -0.39 is 5.97 Å². The average molecular weight is 353 g/mol. The molecule has 1 aliphatic heterocycles. The summed E-state index contributed by atoms with van der Waals surface area (Å²) < 4.78 is 0. The molecule has 0 unspecified atom stereocenters. The van der Waals surface area contributed by atoms with Crippen molar-refractivity contribution < 1.29 is 9.90 Å². The first-order chi connectivity index (χ1) is 12.7. The first kappa shape index (κ1) is 18.6. The summed E-state index contributed by atoms with van der Waals surface area (Å²) in [4.78, 5) is 16.0. The van der Waals surface area contributed by atoms with Gasteiger partial charge in [-0.3, -0.25) is 9.80 Å². The Morgan fingerprint density at radius 3 is 2.35 bits per heavy atom. The molecule has 0 bridgehead atoms. The van der Waals surface area contributed by atoms with Crippen LogP contribution in [0.2, 0.25) is 0 Å². The molecule has 3 rings (SSSR count). The number of nitrogens with zero attached hydrogens (tertiary/aromatic N) is 2. The predicted octanol–water partition coefficient (Wildman–Crippen LogP) is 2.29. The van der Waals surface area contributed by atoms with Crippen LogP contribution < -0.4 is 5.32 Å². The summed E-state index contributed by atoms with van der Waals surface area (Å²) in [6, 6.07) is 17.8. The number of hydrogen-bond acceptors (Lipinski definition) is 4. The molecule has 2 aromatic carbocycles. The lowest BCUT2D eigenvalue weighted by Gasteiger charge is -2.34. The van der Waals surface area contributed by atoms with Gasteiger partial charge in [-0.1, -0.05) is 42.5 Å². The van der Waals surface area contributed by atoms with Crippen LogP contribution in [-0.4, -0.2) is 60.1 Å². The molecule has 0 spiro atoms. The standard InChI is InChI=1S/C21H27N3O2/c25-21(26)20-8-4-7-19(15-20)16-22-9-10-23-11-13-24(14-12-23)17-18-5-2-1-3-6-18/h1-8,15,22H,9-14,16-17H2,(H,25,26). The number of nitrogens with one attached hydrogen (secondary N) is 1. The average Bonchev–Trinajstić information content (AvgIpc) is 2.67. The van der Waals surface area contributed by atoms with Crippen molar-refractivity contribution in [2.75, 3.05) is 39.3 Å². The molecular weight excluding hydrogens is 326 g/mol. The molecule has 1 fully saturated rings. The topological polar surface area (TPSA) is 55.8 Å². The van der Waals surface area contributed by atoms with Crippen LogP contribution in [0.25, 0.3) is 0 Å². The van der Waals surface area contributed by atoms with Gasteiger partial charge in [0.25, 0.3) is 0 Å². The van der Waals surface area contributed by atoms with Crippen molar-refractivity contribution in [1.29, 1.82) is 0 Å². The van der Waals surface area contributed by atoms with Gasteiger partial charge in [0.1, 0.15) is 0 Å². The van der Waals surface area contributed by atoms with Crippen molar-refractivity contribution in [3.8, 4) is 0 Å². The number of hydrogen-bond donors (Lipinski definition) is 2. The van der Waals surface area contributed by atoms with Crippen LogP contribution in [0.4, 0.5) is 0 Å². The zero-order valence-corrected chi connectivity index (χ0v) is 15.1. The van der Waals surface area contributed by atoms with Crippen molar-refractivity contribution in [1.82, 2.24) is 15.1 Å². The van der Waals surface area contributed by atoms with Crippen LogP contribution in [0, 0.1) is 0 Å². The fourth-order valence-electron chi connectivity index (χ4n) is 3.30. The van der Waals surface area contributed by atoms with Gasteiger partial charge in [0.05, 0.1) is 5.56 Å². The fourth-order valence-corrected chi connectivity index (χ4v) is 3.30. The van der Waals surface area contributed by atoms with Crippen LogP contribution in [0.5, 0.6) is 0 Å². The Kier molecular flexibility index (Phi) is 6.77. The van der Waals surface area contributed by atoms with Gasteiger partial charge in [-0.2, -0.15) is 0 Å². The van der Waals surface area contributed by atoms with E-state index in [0.29, 0.717) is 12.1 Å². The number of aromatic carboxylic acids is 1. The van der Waals surface area contributed by atoms with Crippen molar-refractivity contribution in [2.45, 2.75) is 13.1 Å². The normalized spacial score (nSPS) is 15.8. The molecule has 0 radical (unpaired) electrons. The third-order valence-electron chi connectivity index (χ3n) is 4.82. The van der Waals surface area contributed by atoms with E-state index >= 15 is 0 Å². The first-order valence-electron chi connectivity index (χ1n) is 9.22. The Hall–Kier alpha value is -2.21. The molecule has 2 N–H and O–H groups in total. The SMILES string of the molecule is O=C(O)c1cccc(CNCCN2CCN(Cc3ccccc3)CC2)c1.